The molecule has 0 unspecified atom stereocenters. The van der Waals surface area contributed by atoms with Crippen molar-refractivity contribution in [3.8, 4) is 11.5 Å². The van der Waals surface area contributed by atoms with Gasteiger partial charge in [-0.1, -0.05) is 24.3 Å². The molecule has 5 nitrogen and oxygen atoms in total. The summed E-state index contributed by atoms with van der Waals surface area (Å²) in [6.45, 7) is 1.98. The standard InChI is InChI=1S/C15H16O5S/c1-2-19-15-10-12(11-16)8-9-14(15)20-21(17,18)13-6-4-3-5-7-13/h3-10,16H,2,11H2,1H3. The molecule has 1 N–H and O–H groups in total. The van der Waals surface area contributed by atoms with Crippen molar-refractivity contribution >= 4 is 10.1 Å². The van der Waals surface area contributed by atoms with Crippen LogP contribution in [-0.4, -0.2) is 20.1 Å². The number of rotatable bonds is 6. The first-order valence-electron chi connectivity index (χ1n) is 6.43. The Kier molecular flexibility index (Phi) is 4.82. The highest BCUT2D eigenvalue weighted by Gasteiger charge is 2.19. The van der Waals surface area contributed by atoms with E-state index in [0.717, 1.165) is 0 Å². The first-order valence-corrected chi connectivity index (χ1v) is 7.83. The van der Waals surface area contributed by atoms with Crippen LogP contribution >= 0.6 is 0 Å². The van der Waals surface area contributed by atoms with Gasteiger partial charge in [0.2, 0.25) is 0 Å². The second kappa shape index (κ2) is 6.60. The molecule has 2 aromatic rings. The van der Waals surface area contributed by atoms with Crippen molar-refractivity contribution < 1.29 is 22.4 Å². The molecule has 112 valence electrons. The van der Waals surface area contributed by atoms with E-state index >= 15 is 0 Å². The van der Waals surface area contributed by atoms with Crippen LogP contribution in [0.4, 0.5) is 0 Å². The largest absolute Gasteiger partial charge is 0.490 e. The van der Waals surface area contributed by atoms with E-state index in [1.54, 1.807) is 37.3 Å². The van der Waals surface area contributed by atoms with Crippen LogP contribution in [0.15, 0.2) is 53.4 Å². The molecule has 0 saturated heterocycles. The molecule has 0 radical (unpaired) electrons. The van der Waals surface area contributed by atoms with Crippen molar-refractivity contribution in [3.05, 3.63) is 54.1 Å². The molecule has 0 aliphatic carbocycles. The molecule has 0 aromatic heterocycles. The smallest absolute Gasteiger partial charge is 0.339 e. The molecule has 0 fully saturated rings. The number of hydrogen-bond acceptors (Lipinski definition) is 5. The fourth-order valence-electron chi connectivity index (χ4n) is 1.74. The third-order valence-corrected chi connectivity index (χ3v) is 3.97. The molecular formula is C15H16O5S. The number of hydrogen-bond donors (Lipinski definition) is 1. The fourth-order valence-corrected chi connectivity index (χ4v) is 2.70. The summed E-state index contributed by atoms with van der Waals surface area (Å²) in [4.78, 5) is 0.0682. The van der Waals surface area contributed by atoms with E-state index < -0.39 is 10.1 Å². The van der Waals surface area contributed by atoms with Crippen LogP contribution in [0.2, 0.25) is 0 Å². The second-order valence-electron chi connectivity index (χ2n) is 4.22. The molecule has 0 heterocycles. The summed E-state index contributed by atoms with van der Waals surface area (Å²) >= 11 is 0. The first-order chi connectivity index (χ1) is 10.1. The SMILES string of the molecule is CCOc1cc(CO)ccc1OS(=O)(=O)c1ccccc1. The zero-order valence-electron chi connectivity index (χ0n) is 11.5. The monoisotopic (exact) mass is 308 g/mol. The second-order valence-corrected chi connectivity index (χ2v) is 5.77. The van der Waals surface area contributed by atoms with E-state index in [1.165, 1.54) is 18.2 Å². The lowest BCUT2D eigenvalue weighted by Gasteiger charge is -2.12. The average molecular weight is 308 g/mol. The van der Waals surface area contributed by atoms with Crippen molar-refractivity contribution in [1.82, 2.24) is 0 Å². The van der Waals surface area contributed by atoms with Crippen molar-refractivity contribution in [1.29, 1.82) is 0 Å². The van der Waals surface area contributed by atoms with Crippen LogP contribution < -0.4 is 8.92 Å². The summed E-state index contributed by atoms with van der Waals surface area (Å²) < 4.78 is 34.9. The van der Waals surface area contributed by atoms with Gasteiger partial charge in [0.15, 0.2) is 11.5 Å². The molecule has 0 atom stereocenters. The Bertz CT molecular complexity index is 695. The van der Waals surface area contributed by atoms with E-state index in [2.05, 4.69) is 0 Å². The van der Waals surface area contributed by atoms with Gasteiger partial charge in [0.25, 0.3) is 0 Å². The minimum Gasteiger partial charge on any atom is -0.490 e. The predicted molar refractivity (Wildman–Crippen MR) is 77.8 cm³/mol. The number of benzene rings is 2. The molecule has 0 bridgehead atoms. The first kappa shape index (κ1) is 15.3. The fraction of sp³-hybridized carbons (Fsp3) is 0.200. The van der Waals surface area contributed by atoms with Gasteiger partial charge in [0.05, 0.1) is 13.2 Å². The van der Waals surface area contributed by atoms with Gasteiger partial charge < -0.3 is 14.0 Å². The molecule has 0 amide bonds. The molecule has 0 aliphatic rings. The Labute approximate surface area is 123 Å². The van der Waals surface area contributed by atoms with Gasteiger partial charge in [0.1, 0.15) is 4.90 Å². The summed E-state index contributed by atoms with van der Waals surface area (Å²) in [6.07, 6.45) is 0. The third kappa shape index (κ3) is 3.74. The Hall–Kier alpha value is -2.05. The maximum absolute atomic E-state index is 12.2. The van der Waals surface area contributed by atoms with Crippen LogP contribution in [0.5, 0.6) is 11.5 Å². The molecule has 2 rings (SSSR count). The van der Waals surface area contributed by atoms with E-state index in [0.29, 0.717) is 12.2 Å². The Morgan fingerprint density at radius 2 is 1.76 bits per heavy atom. The quantitative estimate of drug-likeness (QED) is 0.829. The number of aliphatic hydroxyl groups is 1. The maximum atomic E-state index is 12.2. The maximum Gasteiger partial charge on any atom is 0.339 e. The zero-order valence-corrected chi connectivity index (χ0v) is 12.3. The Morgan fingerprint density at radius 3 is 2.38 bits per heavy atom. The van der Waals surface area contributed by atoms with E-state index in [9.17, 15) is 8.42 Å². The molecule has 0 aliphatic heterocycles. The molecular weight excluding hydrogens is 292 g/mol. The topological polar surface area (TPSA) is 72.8 Å². The van der Waals surface area contributed by atoms with Crippen molar-refractivity contribution in [2.75, 3.05) is 6.61 Å². The van der Waals surface area contributed by atoms with Crippen molar-refractivity contribution in [2.45, 2.75) is 18.4 Å². The highest BCUT2D eigenvalue weighted by Crippen LogP contribution is 2.31. The minimum absolute atomic E-state index is 0.0682. The normalized spacial score (nSPS) is 11.1. The Balaban J connectivity index is 2.34. The predicted octanol–water partition coefficient (Wildman–Crippen LogP) is 2.35. The lowest BCUT2D eigenvalue weighted by molar-refractivity contribution is 0.279. The minimum atomic E-state index is -3.92. The van der Waals surface area contributed by atoms with Crippen LogP contribution in [0, 0.1) is 0 Å². The molecule has 0 spiro atoms. The van der Waals surface area contributed by atoms with Gasteiger partial charge in [0, 0.05) is 0 Å². The summed E-state index contributed by atoms with van der Waals surface area (Å²) in [5.74, 6) is 0.376. The number of aliphatic hydroxyl groups excluding tert-OH is 1. The van der Waals surface area contributed by atoms with Crippen LogP contribution in [0.1, 0.15) is 12.5 Å². The zero-order chi connectivity index (χ0) is 15.3. The highest BCUT2D eigenvalue weighted by atomic mass is 32.2. The van der Waals surface area contributed by atoms with Gasteiger partial charge >= 0.3 is 10.1 Å². The summed E-state index contributed by atoms with van der Waals surface area (Å²) in [5, 5.41) is 9.12. The lowest BCUT2D eigenvalue weighted by atomic mass is 10.2. The van der Waals surface area contributed by atoms with Crippen LogP contribution in [0.25, 0.3) is 0 Å². The van der Waals surface area contributed by atoms with Crippen molar-refractivity contribution in [3.63, 3.8) is 0 Å². The van der Waals surface area contributed by atoms with Crippen molar-refractivity contribution in [2.24, 2.45) is 0 Å². The van der Waals surface area contributed by atoms with Gasteiger partial charge in [-0.3, -0.25) is 0 Å². The van der Waals surface area contributed by atoms with E-state index in [1.807, 2.05) is 0 Å². The van der Waals surface area contributed by atoms with Gasteiger partial charge in [-0.15, -0.1) is 0 Å². The van der Waals surface area contributed by atoms with E-state index in [4.69, 9.17) is 14.0 Å². The highest BCUT2D eigenvalue weighted by molar-refractivity contribution is 7.87. The lowest BCUT2D eigenvalue weighted by Crippen LogP contribution is -2.10. The molecule has 0 saturated carbocycles. The average Bonchev–Trinajstić information content (AvgIpc) is 2.50. The summed E-state index contributed by atoms with van der Waals surface area (Å²) in [5.41, 5.74) is 0.614. The van der Waals surface area contributed by atoms with Gasteiger partial charge in [-0.05, 0) is 36.8 Å². The van der Waals surface area contributed by atoms with E-state index in [-0.39, 0.29) is 23.0 Å². The van der Waals surface area contributed by atoms with Gasteiger partial charge in [-0.25, -0.2) is 0 Å². The molecule has 6 heteroatoms. The van der Waals surface area contributed by atoms with Crippen LogP contribution in [0.3, 0.4) is 0 Å². The van der Waals surface area contributed by atoms with Gasteiger partial charge in [-0.2, -0.15) is 8.42 Å². The van der Waals surface area contributed by atoms with Crippen LogP contribution in [-0.2, 0) is 16.7 Å². The summed E-state index contributed by atoms with van der Waals surface area (Å²) in [7, 11) is -3.92. The summed E-state index contributed by atoms with van der Waals surface area (Å²) in [6, 6.07) is 12.5. The Morgan fingerprint density at radius 1 is 1.05 bits per heavy atom. The molecule has 21 heavy (non-hydrogen) atoms. The third-order valence-electron chi connectivity index (χ3n) is 2.72. The molecule has 2 aromatic carbocycles. The number of ether oxygens (including phenoxy) is 1.